The molecule has 5 heteroatoms. The molecule has 0 aromatic heterocycles. The summed E-state index contributed by atoms with van der Waals surface area (Å²) < 4.78 is 0. The molecule has 0 bridgehead atoms. The zero-order valence-electron chi connectivity index (χ0n) is 16.5. The lowest BCUT2D eigenvalue weighted by Crippen LogP contribution is -2.49. The van der Waals surface area contributed by atoms with Gasteiger partial charge in [-0.05, 0) is 24.1 Å². The molecule has 0 aliphatic carbocycles. The number of likely N-dealkylation sites (tertiary alicyclic amines) is 1. The molecular formula is C23H30N4O. The van der Waals surface area contributed by atoms with E-state index in [0.29, 0.717) is 12.6 Å². The summed E-state index contributed by atoms with van der Waals surface area (Å²) in [5, 5.41) is 3.41. The molecule has 2 heterocycles. The Kier molecular flexibility index (Phi) is 6.24. The van der Waals surface area contributed by atoms with Crippen molar-refractivity contribution < 1.29 is 4.79 Å². The third-order valence-corrected chi connectivity index (χ3v) is 5.85. The fourth-order valence-electron chi connectivity index (χ4n) is 4.26. The number of para-hydroxylation sites is 1. The van der Waals surface area contributed by atoms with Crippen molar-refractivity contribution in [3.63, 3.8) is 0 Å². The van der Waals surface area contributed by atoms with Crippen LogP contribution in [-0.2, 0) is 11.3 Å². The predicted octanol–water partition coefficient (Wildman–Crippen LogP) is 2.20. The van der Waals surface area contributed by atoms with Crippen LogP contribution in [0.3, 0.4) is 0 Å². The Morgan fingerprint density at radius 2 is 1.64 bits per heavy atom. The highest BCUT2D eigenvalue weighted by Crippen LogP contribution is 2.20. The molecule has 4 rings (SSSR count). The van der Waals surface area contributed by atoms with Gasteiger partial charge in [0.2, 0.25) is 5.91 Å². The number of amides is 1. The molecule has 1 unspecified atom stereocenters. The average Bonchev–Trinajstić information content (AvgIpc) is 3.26. The first kappa shape index (κ1) is 19.0. The molecule has 148 valence electrons. The van der Waals surface area contributed by atoms with Crippen molar-refractivity contribution in [2.45, 2.75) is 19.0 Å². The van der Waals surface area contributed by atoms with E-state index in [0.717, 1.165) is 57.9 Å². The largest absolute Gasteiger partial charge is 0.358 e. The van der Waals surface area contributed by atoms with Gasteiger partial charge in [0, 0.05) is 57.5 Å². The molecule has 2 aliphatic rings. The predicted molar refractivity (Wildman–Crippen MR) is 113 cm³/mol. The Bertz CT molecular complexity index is 746. The summed E-state index contributed by atoms with van der Waals surface area (Å²) in [4.78, 5) is 19.9. The number of piperazine rings is 1. The minimum absolute atomic E-state index is 0.234. The van der Waals surface area contributed by atoms with E-state index in [9.17, 15) is 4.79 Å². The summed E-state index contributed by atoms with van der Waals surface area (Å²) in [6, 6.07) is 21.2. The molecule has 5 nitrogen and oxygen atoms in total. The molecule has 2 aromatic carbocycles. The monoisotopic (exact) mass is 378 g/mol. The van der Waals surface area contributed by atoms with Crippen LogP contribution < -0.4 is 10.2 Å². The van der Waals surface area contributed by atoms with E-state index < -0.39 is 0 Å². The van der Waals surface area contributed by atoms with Crippen LogP contribution in [0.2, 0.25) is 0 Å². The van der Waals surface area contributed by atoms with Crippen LogP contribution in [0.1, 0.15) is 12.0 Å². The van der Waals surface area contributed by atoms with E-state index in [1.54, 1.807) is 0 Å². The molecule has 0 radical (unpaired) electrons. The van der Waals surface area contributed by atoms with Crippen LogP contribution in [0.5, 0.6) is 0 Å². The van der Waals surface area contributed by atoms with Crippen LogP contribution in [0.4, 0.5) is 5.69 Å². The number of carbonyl (C=O) groups is 1. The maximum atomic E-state index is 13.1. The number of hydrogen-bond donors (Lipinski definition) is 1. The number of carbonyl (C=O) groups excluding carboxylic acids is 1. The van der Waals surface area contributed by atoms with Crippen molar-refractivity contribution in [3.05, 3.63) is 66.2 Å². The highest BCUT2D eigenvalue weighted by atomic mass is 16.2. The van der Waals surface area contributed by atoms with E-state index in [1.807, 2.05) is 24.3 Å². The van der Waals surface area contributed by atoms with E-state index in [1.165, 1.54) is 5.56 Å². The summed E-state index contributed by atoms with van der Waals surface area (Å²) in [5.41, 5.74) is 2.32. The number of benzene rings is 2. The number of nitrogens with one attached hydrogen (secondary N) is 1. The first-order chi connectivity index (χ1) is 13.8. The Morgan fingerprint density at radius 1 is 0.964 bits per heavy atom. The molecule has 1 atom stereocenters. The van der Waals surface area contributed by atoms with Crippen LogP contribution in [0.25, 0.3) is 0 Å². The van der Waals surface area contributed by atoms with Gasteiger partial charge >= 0.3 is 0 Å². The topological polar surface area (TPSA) is 38.8 Å². The lowest BCUT2D eigenvalue weighted by Gasteiger charge is -2.33. The minimum atomic E-state index is 0.234. The lowest BCUT2D eigenvalue weighted by atomic mass is 10.2. The van der Waals surface area contributed by atoms with Gasteiger partial charge in [-0.15, -0.1) is 0 Å². The second-order valence-electron chi connectivity index (χ2n) is 7.75. The van der Waals surface area contributed by atoms with Gasteiger partial charge in [-0.1, -0.05) is 48.5 Å². The van der Waals surface area contributed by atoms with E-state index in [4.69, 9.17) is 0 Å². The molecule has 1 amide bonds. The number of hydrogen-bond acceptors (Lipinski definition) is 4. The highest BCUT2D eigenvalue weighted by Gasteiger charge is 2.31. The van der Waals surface area contributed by atoms with Crippen molar-refractivity contribution in [2.24, 2.45) is 0 Å². The molecule has 2 saturated heterocycles. The maximum absolute atomic E-state index is 13.1. The molecular weight excluding hydrogens is 348 g/mol. The van der Waals surface area contributed by atoms with Gasteiger partial charge in [0.1, 0.15) is 0 Å². The zero-order chi connectivity index (χ0) is 19.2. The van der Waals surface area contributed by atoms with Gasteiger partial charge in [-0.3, -0.25) is 9.69 Å². The van der Waals surface area contributed by atoms with Crippen molar-refractivity contribution in [1.29, 1.82) is 0 Å². The van der Waals surface area contributed by atoms with Crippen molar-refractivity contribution in [2.75, 3.05) is 50.7 Å². The van der Waals surface area contributed by atoms with Crippen LogP contribution in [0.15, 0.2) is 60.7 Å². The van der Waals surface area contributed by atoms with Gasteiger partial charge in [0.25, 0.3) is 0 Å². The SMILES string of the molecule is O=C(CN(Cc1ccccc1)c1ccccc1)N1CCC(N2CCNCC2)C1. The molecule has 28 heavy (non-hydrogen) atoms. The van der Waals surface area contributed by atoms with Gasteiger partial charge < -0.3 is 15.1 Å². The van der Waals surface area contributed by atoms with Crippen molar-refractivity contribution in [3.8, 4) is 0 Å². The summed E-state index contributed by atoms with van der Waals surface area (Å²) in [6.45, 7) is 7.22. The number of anilines is 1. The second kappa shape index (κ2) is 9.22. The summed E-state index contributed by atoms with van der Waals surface area (Å²) in [6.07, 6.45) is 1.09. The molecule has 2 fully saturated rings. The maximum Gasteiger partial charge on any atom is 0.242 e. The number of rotatable bonds is 6. The molecule has 2 aromatic rings. The molecule has 2 aliphatic heterocycles. The van der Waals surface area contributed by atoms with Gasteiger partial charge in [-0.25, -0.2) is 0 Å². The van der Waals surface area contributed by atoms with Crippen molar-refractivity contribution in [1.82, 2.24) is 15.1 Å². The van der Waals surface area contributed by atoms with E-state index >= 15 is 0 Å². The van der Waals surface area contributed by atoms with E-state index in [2.05, 4.69) is 56.4 Å². The highest BCUT2D eigenvalue weighted by molar-refractivity contribution is 5.81. The standard InChI is InChI=1S/C23H30N4O/c28-23(26-14-11-22(18-26)25-15-12-24-13-16-25)19-27(21-9-5-2-6-10-21)17-20-7-3-1-4-8-20/h1-10,22,24H,11-19H2. The third kappa shape index (κ3) is 4.72. The quantitative estimate of drug-likeness (QED) is 0.837. The smallest absolute Gasteiger partial charge is 0.242 e. The summed E-state index contributed by atoms with van der Waals surface area (Å²) in [5.74, 6) is 0.234. The van der Waals surface area contributed by atoms with Crippen LogP contribution >= 0.6 is 0 Å². The first-order valence-electron chi connectivity index (χ1n) is 10.4. The van der Waals surface area contributed by atoms with Crippen LogP contribution in [-0.4, -0.2) is 67.6 Å². The van der Waals surface area contributed by atoms with Crippen LogP contribution in [0, 0.1) is 0 Å². The Labute approximate surface area is 167 Å². The Balaban J connectivity index is 1.41. The Morgan fingerprint density at radius 3 is 2.36 bits per heavy atom. The summed E-state index contributed by atoms with van der Waals surface area (Å²) >= 11 is 0. The molecule has 0 spiro atoms. The number of nitrogens with zero attached hydrogens (tertiary/aromatic N) is 3. The van der Waals surface area contributed by atoms with Crippen molar-refractivity contribution >= 4 is 11.6 Å². The van der Waals surface area contributed by atoms with E-state index in [-0.39, 0.29) is 5.91 Å². The summed E-state index contributed by atoms with van der Waals surface area (Å²) in [7, 11) is 0. The first-order valence-corrected chi connectivity index (χ1v) is 10.4. The normalized spacial score (nSPS) is 20.3. The fraction of sp³-hybridized carbons (Fsp3) is 0.435. The Hall–Kier alpha value is -2.37. The lowest BCUT2D eigenvalue weighted by molar-refractivity contribution is -0.128. The molecule has 1 N–H and O–H groups in total. The van der Waals surface area contributed by atoms with Gasteiger partial charge in [-0.2, -0.15) is 0 Å². The molecule has 0 saturated carbocycles. The third-order valence-electron chi connectivity index (χ3n) is 5.85. The van der Waals surface area contributed by atoms with Gasteiger partial charge in [0.15, 0.2) is 0 Å². The van der Waals surface area contributed by atoms with Gasteiger partial charge in [0.05, 0.1) is 6.54 Å². The zero-order valence-corrected chi connectivity index (χ0v) is 16.5. The average molecular weight is 379 g/mol. The fourth-order valence-corrected chi connectivity index (χ4v) is 4.26. The second-order valence-corrected chi connectivity index (χ2v) is 7.75. The minimum Gasteiger partial charge on any atom is -0.358 e.